The van der Waals surface area contributed by atoms with Crippen molar-refractivity contribution in [2.45, 2.75) is 12.0 Å². The first-order chi connectivity index (χ1) is 17.1. The highest BCUT2D eigenvalue weighted by molar-refractivity contribution is 7.14. The average molecular weight is 485 g/mol. The number of ether oxygens (including phenoxy) is 1. The van der Waals surface area contributed by atoms with E-state index in [9.17, 15) is 9.59 Å². The number of hydrogen-bond donors (Lipinski definition) is 3. The SMILES string of the molecule is N[C@@H](CNC(=O)OCC1c2ccccc2-c2ccccc21)C(=O)Nc1nc(-c2ccccc2)cs1. The van der Waals surface area contributed by atoms with Gasteiger partial charge in [-0.1, -0.05) is 78.9 Å². The number of aromatic nitrogens is 1. The number of rotatable bonds is 7. The van der Waals surface area contributed by atoms with Gasteiger partial charge in [0.25, 0.3) is 0 Å². The maximum Gasteiger partial charge on any atom is 0.407 e. The van der Waals surface area contributed by atoms with Gasteiger partial charge in [0.1, 0.15) is 12.6 Å². The fourth-order valence-electron chi connectivity index (χ4n) is 4.21. The molecule has 8 heteroatoms. The van der Waals surface area contributed by atoms with Crippen LogP contribution in [-0.2, 0) is 9.53 Å². The molecule has 1 aliphatic carbocycles. The third-order valence-corrected chi connectivity index (χ3v) is 6.71. The molecule has 176 valence electrons. The maximum absolute atomic E-state index is 12.5. The highest BCUT2D eigenvalue weighted by Crippen LogP contribution is 2.44. The Labute approximate surface area is 207 Å². The van der Waals surface area contributed by atoms with Crippen LogP contribution in [0, 0.1) is 0 Å². The Morgan fingerprint density at radius 1 is 0.943 bits per heavy atom. The van der Waals surface area contributed by atoms with Gasteiger partial charge in [0.05, 0.1) is 5.69 Å². The van der Waals surface area contributed by atoms with Crippen LogP contribution in [0.5, 0.6) is 0 Å². The van der Waals surface area contributed by atoms with Gasteiger partial charge in [-0.15, -0.1) is 11.3 Å². The van der Waals surface area contributed by atoms with Gasteiger partial charge in [-0.2, -0.15) is 0 Å². The maximum atomic E-state index is 12.5. The third-order valence-electron chi connectivity index (χ3n) is 5.95. The zero-order valence-corrected chi connectivity index (χ0v) is 19.6. The van der Waals surface area contributed by atoms with Gasteiger partial charge in [0.2, 0.25) is 5.91 Å². The zero-order valence-electron chi connectivity index (χ0n) is 18.8. The van der Waals surface area contributed by atoms with Crippen molar-refractivity contribution in [1.29, 1.82) is 0 Å². The largest absolute Gasteiger partial charge is 0.449 e. The summed E-state index contributed by atoms with van der Waals surface area (Å²) in [7, 11) is 0. The molecule has 1 atom stereocenters. The number of thiazole rings is 1. The Balaban J connectivity index is 1.12. The van der Waals surface area contributed by atoms with Crippen LogP contribution in [-0.4, -0.2) is 36.2 Å². The van der Waals surface area contributed by atoms with Crippen molar-refractivity contribution in [3.63, 3.8) is 0 Å². The van der Waals surface area contributed by atoms with Crippen molar-refractivity contribution in [1.82, 2.24) is 10.3 Å². The van der Waals surface area contributed by atoms with Gasteiger partial charge in [-0.3, -0.25) is 4.79 Å². The highest BCUT2D eigenvalue weighted by atomic mass is 32.1. The number of anilines is 1. The van der Waals surface area contributed by atoms with Crippen LogP contribution < -0.4 is 16.4 Å². The number of carbonyl (C=O) groups is 2. The molecule has 0 radical (unpaired) electrons. The lowest BCUT2D eigenvalue weighted by Crippen LogP contribution is -2.45. The van der Waals surface area contributed by atoms with Crippen molar-refractivity contribution < 1.29 is 14.3 Å². The molecule has 1 aliphatic rings. The summed E-state index contributed by atoms with van der Waals surface area (Å²) in [6.45, 7) is 0.141. The summed E-state index contributed by atoms with van der Waals surface area (Å²) in [5.41, 5.74) is 12.3. The Hall–Kier alpha value is -4.01. The molecule has 0 fully saturated rings. The molecule has 35 heavy (non-hydrogen) atoms. The Bertz CT molecular complexity index is 1310. The second-order valence-electron chi connectivity index (χ2n) is 8.21. The van der Waals surface area contributed by atoms with Crippen molar-refractivity contribution >= 4 is 28.5 Å². The van der Waals surface area contributed by atoms with E-state index >= 15 is 0 Å². The summed E-state index contributed by atoms with van der Waals surface area (Å²) in [5, 5.41) is 7.61. The second kappa shape index (κ2) is 10.1. The number of nitrogens with one attached hydrogen (secondary N) is 2. The predicted octanol–water partition coefficient (Wildman–Crippen LogP) is 4.61. The van der Waals surface area contributed by atoms with E-state index in [-0.39, 0.29) is 19.1 Å². The molecule has 0 saturated heterocycles. The smallest absolute Gasteiger partial charge is 0.407 e. The normalized spacial score (nSPS) is 12.9. The lowest BCUT2D eigenvalue weighted by Gasteiger charge is -2.16. The van der Waals surface area contributed by atoms with Gasteiger partial charge in [-0.05, 0) is 22.3 Å². The van der Waals surface area contributed by atoms with Crippen molar-refractivity contribution in [2.24, 2.45) is 5.73 Å². The Morgan fingerprint density at radius 2 is 1.57 bits per heavy atom. The minimum absolute atomic E-state index is 0.0335. The number of alkyl carbamates (subject to hydrolysis) is 1. The average Bonchev–Trinajstić information content (AvgIpc) is 3.49. The number of benzene rings is 3. The molecule has 0 bridgehead atoms. The van der Waals surface area contributed by atoms with Crippen LogP contribution >= 0.6 is 11.3 Å². The second-order valence-corrected chi connectivity index (χ2v) is 9.06. The fourth-order valence-corrected chi connectivity index (χ4v) is 4.93. The first-order valence-corrected chi connectivity index (χ1v) is 12.1. The topological polar surface area (TPSA) is 106 Å². The third kappa shape index (κ3) is 4.94. The van der Waals surface area contributed by atoms with E-state index in [2.05, 4.69) is 39.9 Å². The van der Waals surface area contributed by atoms with Crippen LogP contribution in [0.3, 0.4) is 0 Å². The molecule has 2 amide bonds. The zero-order chi connectivity index (χ0) is 24.2. The predicted molar refractivity (Wildman–Crippen MR) is 137 cm³/mol. The van der Waals surface area contributed by atoms with Crippen LogP contribution in [0.4, 0.5) is 9.93 Å². The Morgan fingerprint density at radius 3 is 2.26 bits per heavy atom. The van der Waals surface area contributed by atoms with Crippen LogP contribution in [0.15, 0.2) is 84.2 Å². The van der Waals surface area contributed by atoms with Crippen LogP contribution in [0.25, 0.3) is 22.4 Å². The summed E-state index contributed by atoms with van der Waals surface area (Å²) >= 11 is 1.31. The summed E-state index contributed by atoms with van der Waals surface area (Å²) in [6.07, 6.45) is -0.615. The molecule has 0 spiro atoms. The van der Waals surface area contributed by atoms with Crippen molar-refractivity contribution in [2.75, 3.05) is 18.5 Å². The molecule has 0 saturated carbocycles. The lowest BCUT2D eigenvalue weighted by atomic mass is 9.98. The van der Waals surface area contributed by atoms with Crippen molar-refractivity contribution in [3.05, 3.63) is 95.4 Å². The summed E-state index contributed by atoms with van der Waals surface area (Å²) in [5.74, 6) is -0.466. The summed E-state index contributed by atoms with van der Waals surface area (Å²) in [6, 6.07) is 25.0. The van der Waals surface area contributed by atoms with Gasteiger partial charge in [0.15, 0.2) is 5.13 Å². The van der Waals surface area contributed by atoms with E-state index in [0.717, 1.165) is 33.5 Å². The molecule has 0 unspecified atom stereocenters. The highest BCUT2D eigenvalue weighted by Gasteiger charge is 2.29. The van der Waals surface area contributed by atoms with E-state index in [4.69, 9.17) is 10.5 Å². The van der Waals surface area contributed by atoms with Gasteiger partial charge in [0, 0.05) is 23.4 Å². The van der Waals surface area contributed by atoms with Gasteiger partial charge in [-0.25, -0.2) is 9.78 Å². The monoisotopic (exact) mass is 484 g/mol. The molecule has 0 aliphatic heterocycles. The van der Waals surface area contributed by atoms with E-state index in [1.165, 1.54) is 11.3 Å². The number of fused-ring (bicyclic) bond motifs is 3. The minimum Gasteiger partial charge on any atom is -0.449 e. The number of nitrogens with two attached hydrogens (primary N) is 1. The molecule has 5 rings (SSSR count). The van der Waals surface area contributed by atoms with Crippen LogP contribution in [0.2, 0.25) is 0 Å². The number of hydrogen-bond acceptors (Lipinski definition) is 6. The van der Waals surface area contributed by atoms with E-state index < -0.39 is 18.0 Å². The van der Waals surface area contributed by atoms with Crippen LogP contribution in [0.1, 0.15) is 17.0 Å². The standard InChI is InChI=1S/C27H24N4O3S/c28-23(25(32)31-26-30-24(16-35-26)17-8-2-1-3-9-17)14-29-27(33)34-15-22-20-12-6-4-10-18(20)19-11-5-7-13-21(19)22/h1-13,16,22-23H,14-15,28H2,(H,29,33)(H,30,31,32)/t23-/m0/s1. The van der Waals surface area contributed by atoms with Gasteiger partial charge >= 0.3 is 6.09 Å². The fraction of sp³-hybridized carbons (Fsp3) is 0.148. The van der Waals surface area contributed by atoms with Crippen molar-refractivity contribution in [3.8, 4) is 22.4 Å². The number of carbonyl (C=O) groups excluding carboxylic acids is 2. The molecule has 4 aromatic rings. The summed E-state index contributed by atoms with van der Waals surface area (Å²) in [4.78, 5) is 29.2. The quantitative estimate of drug-likeness (QED) is 0.355. The van der Waals surface area contributed by atoms with E-state index in [1.807, 2.05) is 60.0 Å². The lowest BCUT2D eigenvalue weighted by molar-refractivity contribution is -0.117. The minimum atomic E-state index is -0.945. The first kappa shape index (κ1) is 22.8. The molecule has 1 aromatic heterocycles. The van der Waals surface area contributed by atoms with E-state index in [0.29, 0.717) is 5.13 Å². The first-order valence-electron chi connectivity index (χ1n) is 11.3. The molecule has 4 N–H and O–H groups in total. The molecular formula is C27H24N4O3S. The molecular weight excluding hydrogens is 460 g/mol. The van der Waals surface area contributed by atoms with Gasteiger partial charge < -0.3 is 21.1 Å². The Kier molecular flexibility index (Phi) is 6.56. The summed E-state index contributed by atoms with van der Waals surface area (Å²) < 4.78 is 5.49. The molecule has 3 aromatic carbocycles. The number of amides is 2. The number of nitrogens with zero attached hydrogens (tertiary/aromatic N) is 1. The molecule has 1 heterocycles. The molecule has 7 nitrogen and oxygen atoms in total. The van der Waals surface area contributed by atoms with E-state index in [1.54, 1.807) is 0 Å².